The maximum atomic E-state index is 4.49. The van der Waals surface area contributed by atoms with E-state index in [4.69, 9.17) is 0 Å². The highest BCUT2D eigenvalue weighted by atomic mass is 79.9. The normalized spacial score (nSPS) is 19.6. The Balaban J connectivity index is 2.37. The molecule has 1 aliphatic rings. The van der Waals surface area contributed by atoms with Crippen LogP contribution in [-0.2, 0) is 0 Å². The largest absolute Gasteiger partial charge is 0.351 e. The topological polar surface area (TPSA) is 16.1 Å². The fourth-order valence-electron chi connectivity index (χ4n) is 2.11. The highest BCUT2D eigenvalue weighted by Gasteiger charge is 2.33. The van der Waals surface area contributed by atoms with Crippen molar-refractivity contribution in [1.29, 1.82) is 0 Å². The average Bonchev–Trinajstić information content (AvgIpc) is 2.46. The number of halogens is 2. The Hall–Kier alpha value is -0.0900. The molecule has 0 spiro atoms. The van der Waals surface area contributed by atoms with Crippen LogP contribution in [0, 0.1) is 0 Å². The molecule has 0 amide bonds. The SMILES string of the molecule is CC1(C)CCCN1c1ncc(Br)cc1Br. The molecule has 0 atom stereocenters. The molecule has 2 nitrogen and oxygen atoms in total. The van der Waals surface area contributed by atoms with Gasteiger partial charge in [0.2, 0.25) is 0 Å². The van der Waals surface area contributed by atoms with Gasteiger partial charge in [-0.2, -0.15) is 0 Å². The number of rotatable bonds is 1. The number of nitrogens with zero attached hydrogens (tertiary/aromatic N) is 2. The van der Waals surface area contributed by atoms with Crippen LogP contribution in [0.25, 0.3) is 0 Å². The zero-order valence-electron chi connectivity index (χ0n) is 8.93. The van der Waals surface area contributed by atoms with Gasteiger partial charge >= 0.3 is 0 Å². The number of pyridine rings is 1. The van der Waals surface area contributed by atoms with Gasteiger partial charge in [0.1, 0.15) is 5.82 Å². The first kappa shape index (κ1) is 11.4. The molecule has 0 aromatic carbocycles. The lowest BCUT2D eigenvalue weighted by atomic mass is 10.0. The molecule has 1 aromatic heterocycles. The maximum absolute atomic E-state index is 4.49. The predicted octanol–water partition coefficient (Wildman–Crippen LogP) is 3.99. The van der Waals surface area contributed by atoms with Gasteiger partial charge in [0.15, 0.2) is 0 Å². The van der Waals surface area contributed by atoms with E-state index in [0.717, 1.165) is 21.3 Å². The lowest BCUT2D eigenvalue weighted by Gasteiger charge is -2.33. The maximum Gasteiger partial charge on any atom is 0.143 e. The quantitative estimate of drug-likeness (QED) is 0.772. The first-order chi connectivity index (χ1) is 7.00. The van der Waals surface area contributed by atoms with Crippen LogP contribution in [0.1, 0.15) is 26.7 Å². The highest BCUT2D eigenvalue weighted by Crippen LogP contribution is 2.36. The molecule has 0 saturated carbocycles. The number of hydrogen-bond donors (Lipinski definition) is 0. The Morgan fingerprint density at radius 2 is 2.13 bits per heavy atom. The predicted molar refractivity (Wildman–Crippen MR) is 70.3 cm³/mol. The van der Waals surface area contributed by atoms with E-state index in [0.29, 0.717) is 0 Å². The first-order valence-corrected chi connectivity index (χ1v) is 6.68. The van der Waals surface area contributed by atoms with E-state index in [1.807, 2.05) is 6.20 Å². The van der Waals surface area contributed by atoms with E-state index in [9.17, 15) is 0 Å². The summed E-state index contributed by atoms with van der Waals surface area (Å²) in [5.41, 5.74) is 0.226. The first-order valence-electron chi connectivity index (χ1n) is 5.09. The van der Waals surface area contributed by atoms with Crippen molar-refractivity contribution in [3.05, 3.63) is 21.2 Å². The zero-order valence-corrected chi connectivity index (χ0v) is 12.1. The molecule has 0 bridgehead atoms. The Kier molecular flexibility index (Phi) is 3.08. The van der Waals surface area contributed by atoms with Gasteiger partial charge in [-0.15, -0.1) is 0 Å². The van der Waals surface area contributed by atoms with Crippen molar-refractivity contribution in [2.75, 3.05) is 11.4 Å². The van der Waals surface area contributed by atoms with Crippen molar-refractivity contribution in [2.45, 2.75) is 32.2 Å². The van der Waals surface area contributed by atoms with Crippen molar-refractivity contribution < 1.29 is 0 Å². The van der Waals surface area contributed by atoms with Crippen LogP contribution >= 0.6 is 31.9 Å². The standard InChI is InChI=1S/C11H14Br2N2/c1-11(2)4-3-5-15(11)10-9(13)6-8(12)7-14-10/h6-7H,3-5H2,1-2H3. The van der Waals surface area contributed by atoms with Crippen molar-refractivity contribution in [3.63, 3.8) is 0 Å². The third-order valence-corrected chi connectivity index (χ3v) is 3.96. The molecule has 0 unspecified atom stereocenters. The Labute approximate surface area is 107 Å². The summed E-state index contributed by atoms with van der Waals surface area (Å²) < 4.78 is 2.07. The summed E-state index contributed by atoms with van der Waals surface area (Å²) in [5, 5.41) is 0. The Morgan fingerprint density at radius 1 is 1.40 bits per heavy atom. The molecule has 1 aromatic rings. The number of aromatic nitrogens is 1. The molecule has 1 saturated heterocycles. The fraction of sp³-hybridized carbons (Fsp3) is 0.545. The monoisotopic (exact) mass is 332 g/mol. The van der Waals surface area contributed by atoms with E-state index in [-0.39, 0.29) is 5.54 Å². The molecule has 1 aliphatic heterocycles. The summed E-state index contributed by atoms with van der Waals surface area (Å²) in [6.45, 7) is 5.65. The molecule has 0 aliphatic carbocycles. The highest BCUT2D eigenvalue weighted by molar-refractivity contribution is 9.11. The van der Waals surface area contributed by atoms with Gasteiger partial charge < -0.3 is 4.90 Å². The second-order valence-corrected chi connectivity index (χ2v) is 6.30. The summed E-state index contributed by atoms with van der Waals surface area (Å²) in [5.74, 6) is 1.06. The second-order valence-electron chi connectivity index (χ2n) is 4.53. The van der Waals surface area contributed by atoms with Gasteiger partial charge in [-0.1, -0.05) is 0 Å². The molecule has 15 heavy (non-hydrogen) atoms. The minimum atomic E-state index is 0.226. The van der Waals surface area contributed by atoms with Gasteiger partial charge in [-0.25, -0.2) is 4.98 Å². The molecular formula is C11H14Br2N2. The molecule has 4 heteroatoms. The van der Waals surface area contributed by atoms with E-state index >= 15 is 0 Å². The van der Waals surface area contributed by atoms with Crippen LogP contribution in [-0.4, -0.2) is 17.1 Å². The van der Waals surface area contributed by atoms with Crippen LogP contribution < -0.4 is 4.90 Å². The molecule has 2 rings (SSSR count). The van der Waals surface area contributed by atoms with Crippen molar-refractivity contribution in [1.82, 2.24) is 4.98 Å². The number of hydrogen-bond acceptors (Lipinski definition) is 2. The van der Waals surface area contributed by atoms with Gasteiger partial charge in [0.05, 0.1) is 4.47 Å². The van der Waals surface area contributed by atoms with Crippen LogP contribution in [0.4, 0.5) is 5.82 Å². The Morgan fingerprint density at radius 3 is 2.67 bits per heavy atom. The summed E-state index contributed by atoms with van der Waals surface area (Å²) in [6.07, 6.45) is 4.34. The number of anilines is 1. The summed E-state index contributed by atoms with van der Waals surface area (Å²) in [6, 6.07) is 2.05. The van der Waals surface area contributed by atoms with E-state index in [1.165, 1.54) is 12.8 Å². The van der Waals surface area contributed by atoms with Crippen LogP contribution in [0.3, 0.4) is 0 Å². The third-order valence-electron chi connectivity index (χ3n) is 2.95. The average molecular weight is 334 g/mol. The summed E-state index contributed by atoms with van der Waals surface area (Å²) in [7, 11) is 0. The minimum absolute atomic E-state index is 0.226. The lowest BCUT2D eigenvalue weighted by Crippen LogP contribution is -2.38. The molecule has 82 valence electrons. The smallest absolute Gasteiger partial charge is 0.143 e. The molecule has 2 heterocycles. The third kappa shape index (κ3) is 2.21. The lowest BCUT2D eigenvalue weighted by molar-refractivity contribution is 0.513. The molecule has 1 fully saturated rings. The summed E-state index contributed by atoms with van der Waals surface area (Å²) >= 11 is 7.00. The fourth-order valence-corrected chi connectivity index (χ4v) is 3.31. The molecule has 0 N–H and O–H groups in total. The van der Waals surface area contributed by atoms with Gasteiger partial charge in [-0.3, -0.25) is 0 Å². The van der Waals surface area contributed by atoms with E-state index in [2.05, 4.69) is 61.7 Å². The summed E-state index contributed by atoms with van der Waals surface area (Å²) in [4.78, 5) is 6.87. The second kappa shape index (κ2) is 4.06. The minimum Gasteiger partial charge on any atom is -0.351 e. The van der Waals surface area contributed by atoms with Crippen LogP contribution in [0.2, 0.25) is 0 Å². The van der Waals surface area contributed by atoms with E-state index < -0.39 is 0 Å². The van der Waals surface area contributed by atoms with Crippen molar-refractivity contribution in [2.24, 2.45) is 0 Å². The Bertz CT molecular complexity index is 377. The van der Waals surface area contributed by atoms with Crippen LogP contribution in [0.15, 0.2) is 21.2 Å². The van der Waals surface area contributed by atoms with Gasteiger partial charge in [-0.05, 0) is 64.6 Å². The van der Waals surface area contributed by atoms with Gasteiger partial charge in [0, 0.05) is 22.8 Å². The van der Waals surface area contributed by atoms with Crippen molar-refractivity contribution >= 4 is 37.7 Å². The molecule has 0 radical (unpaired) electrons. The van der Waals surface area contributed by atoms with E-state index in [1.54, 1.807) is 0 Å². The van der Waals surface area contributed by atoms with Crippen LogP contribution in [0.5, 0.6) is 0 Å². The molecular weight excluding hydrogens is 320 g/mol. The zero-order chi connectivity index (χ0) is 11.1. The van der Waals surface area contributed by atoms with Crippen molar-refractivity contribution in [3.8, 4) is 0 Å². The van der Waals surface area contributed by atoms with Gasteiger partial charge in [0.25, 0.3) is 0 Å².